The summed E-state index contributed by atoms with van der Waals surface area (Å²) in [5.41, 5.74) is 8.18. The van der Waals surface area contributed by atoms with E-state index in [1.807, 2.05) is 36.4 Å². The van der Waals surface area contributed by atoms with Crippen molar-refractivity contribution in [3.63, 3.8) is 0 Å². The van der Waals surface area contributed by atoms with Crippen molar-refractivity contribution in [1.82, 2.24) is 20.2 Å². The van der Waals surface area contributed by atoms with E-state index in [1.54, 1.807) is 11.3 Å². The van der Waals surface area contributed by atoms with Gasteiger partial charge in [0.1, 0.15) is 11.2 Å². The van der Waals surface area contributed by atoms with Crippen molar-refractivity contribution in [2.24, 2.45) is 0 Å². The number of hydrogen-bond acceptors (Lipinski definition) is 4. The Morgan fingerprint density at radius 3 is 2.78 bits per heavy atom. The van der Waals surface area contributed by atoms with Crippen LogP contribution in [0.2, 0.25) is 0 Å². The molecule has 0 spiro atoms. The number of H-pyrrole nitrogens is 2. The van der Waals surface area contributed by atoms with Crippen molar-refractivity contribution >= 4 is 44.9 Å². The summed E-state index contributed by atoms with van der Waals surface area (Å²) in [5, 5.41) is 14.0. The average Bonchev–Trinajstić information content (AvgIpc) is 3.66. The molecule has 0 saturated heterocycles. The molecule has 0 atom stereocenters. The van der Waals surface area contributed by atoms with Gasteiger partial charge in [-0.15, -0.1) is 11.3 Å². The van der Waals surface area contributed by atoms with Gasteiger partial charge in [-0.1, -0.05) is 43.7 Å². The van der Waals surface area contributed by atoms with E-state index in [4.69, 9.17) is 4.98 Å². The average molecular weight is 492 g/mol. The molecule has 0 aliphatic heterocycles. The number of unbranched alkanes of at least 4 members (excludes halogenated alkanes) is 1. The second-order valence-corrected chi connectivity index (χ2v) is 9.77. The molecule has 1 amide bonds. The number of aromatic amines is 2. The number of carbonyl (C=O) groups excluding carboxylic acids is 1. The fraction of sp³-hybridized carbons (Fsp3) is 0.138. The van der Waals surface area contributed by atoms with Gasteiger partial charge >= 0.3 is 0 Å². The molecule has 3 N–H and O–H groups in total. The van der Waals surface area contributed by atoms with E-state index in [9.17, 15) is 4.79 Å². The normalized spacial score (nSPS) is 11.4. The van der Waals surface area contributed by atoms with Crippen molar-refractivity contribution in [1.29, 1.82) is 0 Å². The summed E-state index contributed by atoms with van der Waals surface area (Å²) in [6.07, 6.45) is 2.41. The second-order valence-electron chi connectivity index (χ2n) is 8.82. The molecule has 6 rings (SSSR count). The number of rotatable bonds is 7. The monoisotopic (exact) mass is 491 g/mol. The van der Waals surface area contributed by atoms with Crippen LogP contribution in [0.3, 0.4) is 0 Å². The van der Waals surface area contributed by atoms with Gasteiger partial charge in [0.25, 0.3) is 0 Å². The van der Waals surface area contributed by atoms with Crippen molar-refractivity contribution < 1.29 is 4.79 Å². The molecular weight excluding hydrogens is 466 g/mol. The Bertz CT molecular complexity index is 1680. The molecule has 0 radical (unpaired) electrons. The van der Waals surface area contributed by atoms with Gasteiger partial charge in [0, 0.05) is 39.0 Å². The van der Waals surface area contributed by atoms with E-state index in [0.717, 1.165) is 63.1 Å². The van der Waals surface area contributed by atoms with Gasteiger partial charge in [0.2, 0.25) is 5.91 Å². The number of pyridine rings is 1. The summed E-state index contributed by atoms with van der Waals surface area (Å²) < 4.78 is 0. The van der Waals surface area contributed by atoms with Crippen LogP contribution in [-0.2, 0) is 4.79 Å². The largest absolute Gasteiger partial charge is 0.353 e. The lowest BCUT2D eigenvalue weighted by Gasteiger charge is -2.07. The van der Waals surface area contributed by atoms with E-state index >= 15 is 0 Å². The Morgan fingerprint density at radius 2 is 1.92 bits per heavy atom. The zero-order valence-electron chi connectivity index (χ0n) is 19.8. The van der Waals surface area contributed by atoms with E-state index in [0.29, 0.717) is 6.42 Å². The summed E-state index contributed by atoms with van der Waals surface area (Å²) in [7, 11) is 0. The topological polar surface area (TPSA) is 86.5 Å². The third-order valence-corrected chi connectivity index (χ3v) is 7.22. The Kier molecular flexibility index (Phi) is 5.83. The maximum Gasteiger partial charge on any atom is 0.224 e. The Morgan fingerprint density at radius 1 is 1.00 bits per heavy atom. The Hall–Kier alpha value is -4.23. The van der Waals surface area contributed by atoms with Crippen molar-refractivity contribution in [3.8, 4) is 33.1 Å². The number of carbonyl (C=O) groups is 1. The van der Waals surface area contributed by atoms with E-state index in [-0.39, 0.29) is 5.91 Å². The summed E-state index contributed by atoms with van der Waals surface area (Å²) in [4.78, 5) is 21.9. The number of thiophene rings is 1. The zero-order chi connectivity index (χ0) is 24.5. The predicted molar refractivity (Wildman–Crippen MR) is 148 cm³/mol. The highest BCUT2D eigenvalue weighted by atomic mass is 32.1. The van der Waals surface area contributed by atoms with Crippen LogP contribution in [-0.4, -0.2) is 26.1 Å². The van der Waals surface area contributed by atoms with E-state index in [1.165, 1.54) is 10.4 Å². The SMILES string of the molecule is CCCCC(=O)Nc1cccc(-c2ccc3[nH]nc(-c4cc5c(-c6cccs6)cccc5[nH]4)c3n2)c1. The molecule has 0 aliphatic carbocycles. The number of aromatic nitrogens is 4. The summed E-state index contributed by atoms with van der Waals surface area (Å²) >= 11 is 1.73. The first kappa shape index (κ1) is 22.2. The van der Waals surface area contributed by atoms with Crippen LogP contribution in [0, 0.1) is 0 Å². The molecule has 7 heteroatoms. The smallest absolute Gasteiger partial charge is 0.224 e. The van der Waals surface area contributed by atoms with Crippen LogP contribution < -0.4 is 5.32 Å². The van der Waals surface area contributed by atoms with Crippen LogP contribution in [0.5, 0.6) is 0 Å². The molecular formula is C29H25N5OS. The van der Waals surface area contributed by atoms with Crippen LogP contribution in [0.4, 0.5) is 5.69 Å². The highest BCUT2D eigenvalue weighted by Crippen LogP contribution is 2.35. The Balaban J connectivity index is 1.37. The van der Waals surface area contributed by atoms with Gasteiger partial charge in [-0.2, -0.15) is 5.10 Å². The molecule has 0 bridgehead atoms. The summed E-state index contributed by atoms with van der Waals surface area (Å²) in [5.74, 6) is 0.0373. The standard InChI is InChI=1S/C29H25N5OS/c1-2-3-12-27(35)30-19-8-4-7-18(16-19)22-13-14-24-28(32-22)29(34-33-24)25-17-21-20(26-11-6-15-36-26)9-5-10-23(21)31-25/h4-11,13-17,31H,2-3,12H2,1H3,(H,30,35)(H,33,34). The van der Waals surface area contributed by atoms with Gasteiger partial charge in [0.05, 0.1) is 16.9 Å². The van der Waals surface area contributed by atoms with E-state index < -0.39 is 0 Å². The molecule has 4 aromatic heterocycles. The first-order valence-electron chi connectivity index (χ1n) is 12.1. The molecule has 36 heavy (non-hydrogen) atoms. The van der Waals surface area contributed by atoms with Crippen molar-refractivity contribution in [2.75, 3.05) is 5.32 Å². The molecule has 0 fully saturated rings. The number of nitrogens with zero attached hydrogens (tertiary/aromatic N) is 2. The predicted octanol–water partition coefficient (Wildman–Crippen LogP) is 7.63. The summed E-state index contributed by atoms with van der Waals surface area (Å²) in [6.45, 7) is 2.08. The second kappa shape index (κ2) is 9.43. The number of amides is 1. The molecule has 0 unspecified atom stereocenters. The van der Waals surface area contributed by atoms with Crippen LogP contribution >= 0.6 is 11.3 Å². The van der Waals surface area contributed by atoms with Crippen LogP contribution in [0.1, 0.15) is 26.2 Å². The fourth-order valence-corrected chi connectivity index (χ4v) is 5.26. The van der Waals surface area contributed by atoms with Crippen molar-refractivity contribution in [3.05, 3.63) is 78.2 Å². The highest BCUT2D eigenvalue weighted by molar-refractivity contribution is 7.13. The fourth-order valence-electron chi connectivity index (χ4n) is 4.49. The molecule has 0 saturated carbocycles. The van der Waals surface area contributed by atoms with Crippen LogP contribution in [0.15, 0.2) is 78.2 Å². The maximum atomic E-state index is 12.2. The number of hydrogen-bond donors (Lipinski definition) is 3. The molecule has 4 heterocycles. The van der Waals surface area contributed by atoms with Crippen LogP contribution in [0.25, 0.3) is 55.0 Å². The number of fused-ring (bicyclic) bond motifs is 2. The lowest BCUT2D eigenvalue weighted by molar-refractivity contribution is -0.116. The molecule has 178 valence electrons. The van der Waals surface area contributed by atoms with E-state index in [2.05, 4.69) is 69.2 Å². The molecule has 6 nitrogen and oxygen atoms in total. The lowest BCUT2D eigenvalue weighted by atomic mass is 10.1. The minimum atomic E-state index is 0.0373. The maximum absolute atomic E-state index is 12.2. The Labute approximate surface area is 212 Å². The summed E-state index contributed by atoms with van der Waals surface area (Å²) in [6, 6.07) is 24.5. The molecule has 6 aromatic rings. The first-order valence-corrected chi connectivity index (χ1v) is 13.0. The van der Waals surface area contributed by atoms with Gasteiger partial charge < -0.3 is 10.3 Å². The zero-order valence-corrected chi connectivity index (χ0v) is 20.7. The lowest BCUT2D eigenvalue weighted by Crippen LogP contribution is -2.10. The highest BCUT2D eigenvalue weighted by Gasteiger charge is 2.16. The number of anilines is 1. The van der Waals surface area contributed by atoms with Gasteiger partial charge in [-0.05, 0) is 54.3 Å². The number of benzene rings is 2. The quantitative estimate of drug-likeness (QED) is 0.215. The third-order valence-electron chi connectivity index (χ3n) is 6.31. The minimum absolute atomic E-state index is 0.0373. The van der Waals surface area contributed by atoms with Gasteiger partial charge in [0.15, 0.2) is 0 Å². The minimum Gasteiger partial charge on any atom is -0.353 e. The third kappa shape index (κ3) is 4.18. The van der Waals surface area contributed by atoms with Gasteiger partial charge in [-0.3, -0.25) is 9.89 Å². The molecule has 0 aliphatic rings. The van der Waals surface area contributed by atoms with Crippen molar-refractivity contribution in [2.45, 2.75) is 26.2 Å². The van der Waals surface area contributed by atoms with Gasteiger partial charge in [-0.25, -0.2) is 4.98 Å². The molecule has 2 aromatic carbocycles. The number of nitrogens with one attached hydrogen (secondary N) is 3. The first-order chi connectivity index (χ1) is 17.7.